The Bertz CT molecular complexity index is 1210. The van der Waals surface area contributed by atoms with Gasteiger partial charge in [0.15, 0.2) is 11.6 Å². The molecule has 1 aliphatic rings. The molecule has 1 heterocycles. The van der Waals surface area contributed by atoms with Crippen LogP contribution in [0.5, 0.6) is 0 Å². The Morgan fingerprint density at radius 1 is 1.29 bits per heavy atom. The minimum absolute atomic E-state index is 0.0314. The molecule has 10 nitrogen and oxygen atoms in total. The molecule has 3 rings (SSSR count). The van der Waals surface area contributed by atoms with Crippen molar-refractivity contribution in [1.82, 2.24) is 9.97 Å². The van der Waals surface area contributed by atoms with E-state index in [9.17, 15) is 17.6 Å². The Labute approximate surface area is 177 Å². The van der Waals surface area contributed by atoms with Crippen molar-refractivity contribution >= 4 is 33.4 Å². The Morgan fingerprint density at radius 3 is 2.71 bits per heavy atom. The molecule has 0 amide bonds. The average molecular weight is 446 g/mol. The molecule has 0 saturated heterocycles. The number of hydrogen-bond donors (Lipinski definition) is 5. The Kier molecular flexibility index (Phi) is 6.44. The molecule has 1 aromatic heterocycles. The lowest BCUT2D eigenvalue weighted by Crippen LogP contribution is -2.28. The molecule has 162 valence electrons. The second-order valence-corrected chi connectivity index (χ2v) is 8.08. The summed E-state index contributed by atoms with van der Waals surface area (Å²) >= 11 is 0. The maximum atomic E-state index is 14.2. The summed E-state index contributed by atoms with van der Waals surface area (Å²) in [7, 11) is -3.88. The van der Waals surface area contributed by atoms with Gasteiger partial charge in [-0.15, -0.1) is 0 Å². The summed E-state index contributed by atoms with van der Waals surface area (Å²) in [5.41, 5.74) is 7.08. The Hall–Kier alpha value is -3.61. The Morgan fingerprint density at radius 2 is 2.06 bits per heavy atom. The van der Waals surface area contributed by atoms with Gasteiger partial charge in [-0.1, -0.05) is 24.3 Å². The second-order valence-electron chi connectivity index (χ2n) is 6.52. The number of carbonyl (C=O) groups is 1. The number of benzene rings is 1. The second kappa shape index (κ2) is 9.04. The van der Waals surface area contributed by atoms with Gasteiger partial charge in [0.25, 0.3) is 0 Å². The highest BCUT2D eigenvalue weighted by Gasteiger charge is 2.13. The van der Waals surface area contributed by atoms with Gasteiger partial charge in [-0.3, -0.25) is 4.79 Å². The molecule has 0 saturated carbocycles. The number of carboxylic acid groups (broad SMARTS) is 1. The summed E-state index contributed by atoms with van der Waals surface area (Å²) in [6.07, 6.45) is 7.82. The topological polar surface area (TPSA) is 173 Å². The van der Waals surface area contributed by atoms with Crippen molar-refractivity contribution in [2.75, 3.05) is 10.6 Å². The van der Waals surface area contributed by atoms with Crippen molar-refractivity contribution in [3.05, 3.63) is 71.9 Å². The molecule has 0 radical (unpaired) electrons. The minimum atomic E-state index is -3.88. The number of nitrogens with one attached hydrogen (secondary N) is 2. The van der Waals surface area contributed by atoms with Gasteiger partial charge in [-0.2, -0.15) is 4.98 Å². The van der Waals surface area contributed by atoms with Gasteiger partial charge in [0.2, 0.25) is 16.0 Å². The van der Waals surface area contributed by atoms with Crippen LogP contribution in [0.2, 0.25) is 0 Å². The molecular weight excluding hydrogens is 427 g/mol. The van der Waals surface area contributed by atoms with Crippen LogP contribution in [0.25, 0.3) is 0 Å². The maximum absolute atomic E-state index is 14.2. The van der Waals surface area contributed by atoms with Crippen molar-refractivity contribution < 1.29 is 22.7 Å². The molecule has 1 aromatic carbocycles. The van der Waals surface area contributed by atoms with Crippen molar-refractivity contribution in [2.24, 2.45) is 10.9 Å². The normalized spacial score (nSPS) is 16.0. The first kappa shape index (κ1) is 22.1. The quantitative estimate of drug-likeness (QED) is 0.423. The minimum Gasteiger partial charge on any atom is -0.480 e. The first-order chi connectivity index (χ1) is 14.6. The summed E-state index contributed by atoms with van der Waals surface area (Å²) in [5.74, 6) is -1.91. The zero-order chi connectivity index (χ0) is 22.6. The summed E-state index contributed by atoms with van der Waals surface area (Å²) in [6.45, 7) is 0. The fraction of sp³-hybridized carbons (Fsp3) is 0.105. The van der Waals surface area contributed by atoms with E-state index in [0.717, 1.165) is 6.20 Å². The molecule has 1 unspecified atom stereocenters. The van der Waals surface area contributed by atoms with E-state index in [0.29, 0.717) is 23.4 Å². The summed E-state index contributed by atoms with van der Waals surface area (Å²) < 4.78 is 37.1. The van der Waals surface area contributed by atoms with Crippen LogP contribution in [0.1, 0.15) is 6.42 Å². The van der Waals surface area contributed by atoms with Gasteiger partial charge < -0.3 is 21.5 Å². The van der Waals surface area contributed by atoms with Crippen LogP contribution >= 0.6 is 0 Å². The van der Waals surface area contributed by atoms with Crippen molar-refractivity contribution in [2.45, 2.75) is 17.4 Å². The number of aliphatic carboxylic acids is 1. The molecule has 0 aliphatic heterocycles. The number of hydrogen-bond acceptors (Lipinski definition) is 8. The number of aromatic nitrogens is 2. The van der Waals surface area contributed by atoms with Crippen LogP contribution in [-0.4, -0.2) is 35.5 Å². The highest BCUT2D eigenvalue weighted by atomic mass is 32.2. The van der Waals surface area contributed by atoms with Crippen LogP contribution < -0.4 is 21.5 Å². The molecule has 7 N–H and O–H groups in total. The van der Waals surface area contributed by atoms with Gasteiger partial charge >= 0.3 is 5.97 Å². The monoisotopic (exact) mass is 446 g/mol. The van der Waals surface area contributed by atoms with Crippen LogP contribution in [-0.2, 0) is 14.8 Å². The molecule has 0 spiro atoms. The van der Waals surface area contributed by atoms with Crippen LogP contribution in [0.3, 0.4) is 0 Å². The van der Waals surface area contributed by atoms with Crippen molar-refractivity contribution in [1.29, 1.82) is 0 Å². The average Bonchev–Trinajstić information content (AvgIpc) is 2.71. The molecule has 1 atom stereocenters. The highest BCUT2D eigenvalue weighted by molar-refractivity contribution is 7.89. The molecule has 1 aliphatic carbocycles. The standard InChI is InChI=1S/C19H19FN6O4S/c20-15-10-23-19(25-13-2-1-3-14(9-13)31(22,29)30)26-17(15)24-12-6-4-11(5-7-12)8-16(21)18(27)28/h1-4,6-10,16H,5,21H2,(H,27,28)(H2,22,29,30)(H2,23,24,25,26). The predicted octanol–water partition coefficient (Wildman–Crippen LogP) is 1.60. The molecule has 2 aromatic rings. The molecular formula is C19H19FN6O4S. The van der Waals surface area contributed by atoms with E-state index < -0.39 is 27.9 Å². The van der Waals surface area contributed by atoms with Gasteiger partial charge in [0, 0.05) is 11.4 Å². The van der Waals surface area contributed by atoms with Crippen molar-refractivity contribution in [3.63, 3.8) is 0 Å². The van der Waals surface area contributed by atoms with E-state index in [4.69, 9.17) is 16.0 Å². The van der Waals surface area contributed by atoms with E-state index in [1.807, 2.05) is 0 Å². The Balaban J connectivity index is 1.74. The molecule has 0 bridgehead atoms. The number of sulfonamides is 1. The lowest BCUT2D eigenvalue weighted by Gasteiger charge is -2.14. The summed E-state index contributed by atoms with van der Waals surface area (Å²) in [5, 5.41) is 19.6. The van der Waals surface area contributed by atoms with Gasteiger partial charge in [-0.25, -0.2) is 22.9 Å². The van der Waals surface area contributed by atoms with Crippen LogP contribution in [0.15, 0.2) is 70.9 Å². The molecule has 31 heavy (non-hydrogen) atoms. The van der Waals surface area contributed by atoms with Crippen LogP contribution in [0, 0.1) is 5.82 Å². The summed E-state index contributed by atoms with van der Waals surface area (Å²) in [6, 6.07) is 4.60. The summed E-state index contributed by atoms with van der Waals surface area (Å²) in [4.78, 5) is 18.6. The fourth-order valence-electron chi connectivity index (χ4n) is 2.61. The van der Waals surface area contributed by atoms with Crippen LogP contribution in [0.4, 0.5) is 21.8 Å². The first-order valence-corrected chi connectivity index (χ1v) is 10.4. The van der Waals surface area contributed by atoms with E-state index in [1.54, 1.807) is 24.3 Å². The third-order valence-electron chi connectivity index (χ3n) is 4.14. The fourth-order valence-corrected chi connectivity index (χ4v) is 3.17. The zero-order valence-corrected chi connectivity index (χ0v) is 16.8. The largest absolute Gasteiger partial charge is 0.480 e. The van der Waals surface area contributed by atoms with E-state index in [-0.39, 0.29) is 16.7 Å². The predicted molar refractivity (Wildman–Crippen MR) is 112 cm³/mol. The smallest absolute Gasteiger partial charge is 0.324 e. The zero-order valence-electron chi connectivity index (χ0n) is 16.0. The number of nitrogens with two attached hydrogens (primary N) is 2. The highest BCUT2D eigenvalue weighted by Crippen LogP contribution is 2.22. The van der Waals surface area contributed by atoms with Gasteiger partial charge in [-0.05, 0) is 36.3 Å². The van der Waals surface area contributed by atoms with E-state index in [2.05, 4.69) is 20.6 Å². The first-order valence-electron chi connectivity index (χ1n) is 8.88. The number of allylic oxidation sites excluding steroid dienone is 4. The number of primary sulfonamides is 1. The number of carboxylic acids is 1. The lowest BCUT2D eigenvalue weighted by molar-refractivity contribution is -0.137. The van der Waals surface area contributed by atoms with Crippen molar-refractivity contribution in [3.8, 4) is 0 Å². The number of nitrogens with zero attached hydrogens (tertiary/aromatic N) is 2. The third-order valence-corrected chi connectivity index (χ3v) is 5.05. The molecule has 0 fully saturated rings. The van der Waals surface area contributed by atoms with E-state index in [1.165, 1.54) is 24.3 Å². The SMILES string of the molecule is NC(C=C1C=CC(Nc2nc(Nc3cccc(S(N)(=O)=O)c3)ncc2F)=CC1)C(=O)O. The number of halogens is 1. The molecule has 12 heteroatoms. The number of rotatable bonds is 7. The van der Waals surface area contributed by atoms with Gasteiger partial charge in [0.05, 0.1) is 11.1 Å². The van der Waals surface area contributed by atoms with Gasteiger partial charge in [0.1, 0.15) is 6.04 Å². The number of anilines is 3. The maximum Gasteiger partial charge on any atom is 0.324 e. The lowest BCUT2D eigenvalue weighted by atomic mass is 10.0. The van der Waals surface area contributed by atoms with E-state index >= 15 is 0 Å². The third kappa shape index (κ3) is 5.94.